The Hall–Kier alpha value is -1.40. The maximum absolute atomic E-state index is 11.9. The number of benzene rings is 1. The molecule has 3 heteroatoms. The number of terminal acetylenes is 1. The van der Waals surface area contributed by atoms with Crippen molar-refractivity contribution in [2.24, 2.45) is 5.73 Å². The largest absolute Gasteiger partial charge is 0.320 e. The lowest BCUT2D eigenvalue weighted by Crippen LogP contribution is -1.91. The van der Waals surface area contributed by atoms with Crippen LogP contribution in [0.15, 0.2) is 24.3 Å². The lowest BCUT2D eigenvalue weighted by molar-refractivity contribution is 0.508. The average Bonchev–Trinajstić information content (AvgIpc) is 2.11. The van der Waals surface area contributed by atoms with Crippen molar-refractivity contribution in [2.45, 2.75) is 0 Å². The van der Waals surface area contributed by atoms with Crippen LogP contribution in [0.2, 0.25) is 0 Å². The van der Waals surface area contributed by atoms with Crippen molar-refractivity contribution in [3.05, 3.63) is 35.9 Å². The second kappa shape index (κ2) is 6.32. The summed E-state index contributed by atoms with van der Waals surface area (Å²) in [6.07, 6.45) is 4.65. The highest BCUT2D eigenvalue weighted by Gasteiger charge is 1.93. The summed E-state index contributed by atoms with van der Waals surface area (Å²) in [5, 5.41) is 0. The van der Waals surface area contributed by atoms with E-state index in [0.29, 0.717) is 6.54 Å². The summed E-state index contributed by atoms with van der Waals surface area (Å²) < 4.78 is 23.9. The van der Waals surface area contributed by atoms with Crippen molar-refractivity contribution >= 4 is 0 Å². The minimum atomic E-state index is -0.799. The van der Waals surface area contributed by atoms with Crippen molar-refractivity contribution in [2.75, 3.05) is 6.54 Å². The molecule has 0 saturated carbocycles. The Morgan fingerprint density at radius 3 is 1.75 bits per heavy atom. The molecule has 1 aromatic carbocycles. The maximum Gasteiger partial charge on any atom is 0.158 e. The molecule has 0 aliphatic rings. The number of hydrogen-bond donors (Lipinski definition) is 1. The number of nitrogens with two attached hydrogens (primary N) is 1. The van der Waals surface area contributed by atoms with Crippen molar-refractivity contribution in [3.8, 4) is 12.3 Å². The predicted molar refractivity (Wildman–Crippen MR) is 44.2 cm³/mol. The smallest absolute Gasteiger partial charge is 0.158 e. The molecule has 0 aliphatic carbocycles. The van der Waals surface area contributed by atoms with E-state index >= 15 is 0 Å². The van der Waals surface area contributed by atoms with Crippen LogP contribution in [0.25, 0.3) is 0 Å². The fourth-order valence-corrected chi connectivity index (χ4v) is 0.439. The van der Waals surface area contributed by atoms with Gasteiger partial charge in [0.15, 0.2) is 11.6 Å². The number of rotatable bonds is 0. The first-order valence-corrected chi connectivity index (χ1v) is 3.26. The van der Waals surface area contributed by atoms with Gasteiger partial charge in [-0.2, -0.15) is 0 Å². The summed E-state index contributed by atoms with van der Waals surface area (Å²) in [7, 11) is 0. The molecule has 0 amide bonds. The van der Waals surface area contributed by atoms with Gasteiger partial charge >= 0.3 is 0 Å². The van der Waals surface area contributed by atoms with Crippen LogP contribution in [-0.4, -0.2) is 6.54 Å². The van der Waals surface area contributed by atoms with Gasteiger partial charge in [-0.15, -0.1) is 6.42 Å². The van der Waals surface area contributed by atoms with E-state index in [4.69, 9.17) is 5.73 Å². The lowest BCUT2D eigenvalue weighted by Gasteiger charge is -1.85. The molecule has 1 rings (SSSR count). The molecule has 0 aromatic heterocycles. The van der Waals surface area contributed by atoms with Gasteiger partial charge in [0.25, 0.3) is 0 Å². The second-order valence-corrected chi connectivity index (χ2v) is 1.82. The van der Waals surface area contributed by atoms with Crippen LogP contribution in [0, 0.1) is 24.0 Å². The van der Waals surface area contributed by atoms with E-state index in [9.17, 15) is 8.78 Å². The van der Waals surface area contributed by atoms with Crippen molar-refractivity contribution < 1.29 is 8.78 Å². The van der Waals surface area contributed by atoms with Crippen LogP contribution in [0.5, 0.6) is 0 Å². The third-order valence-electron chi connectivity index (χ3n) is 0.942. The SMILES string of the molecule is C#CCN.Fc1ccccc1F. The molecular weight excluding hydrogens is 160 g/mol. The van der Waals surface area contributed by atoms with Gasteiger partial charge in [-0.25, -0.2) is 8.78 Å². The standard InChI is InChI=1S/C6H4F2.C3H5N/c7-5-3-1-2-4-6(5)8;1-2-3-4/h1-4H;1H,3-4H2. The Morgan fingerprint density at radius 1 is 1.25 bits per heavy atom. The summed E-state index contributed by atoms with van der Waals surface area (Å²) in [4.78, 5) is 0. The molecule has 2 N–H and O–H groups in total. The Kier molecular flexibility index (Phi) is 5.58. The van der Waals surface area contributed by atoms with Gasteiger partial charge in [0.2, 0.25) is 0 Å². The van der Waals surface area contributed by atoms with Gasteiger partial charge in [0, 0.05) is 0 Å². The Morgan fingerprint density at radius 2 is 1.58 bits per heavy atom. The van der Waals surface area contributed by atoms with Gasteiger partial charge in [-0.3, -0.25) is 0 Å². The highest BCUT2D eigenvalue weighted by molar-refractivity contribution is 5.05. The zero-order valence-corrected chi connectivity index (χ0v) is 6.43. The third kappa shape index (κ3) is 4.42. The molecule has 0 heterocycles. The van der Waals surface area contributed by atoms with Crippen molar-refractivity contribution in [1.29, 1.82) is 0 Å². The molecule has 12 heavy (non-hydrogen) atoms. The molecule has 0 radical (unpaired) electrons. The molecule has 0 spiro atoms. The predicted octanol–water partition coefficient (Wildman–Crippen LogP) is 1.54. The molecule has 0 saturated heterocycles. The highest BCUT2D eigenvalue weighted by atomic mass is 19.2. The first-order valence-electron chi connectivity index (χ1n) is 3.26. The van der Waals surface area contributed by atoms with E-state index in [1.807, 2.05) is 0 Å². The normalized spacial score (nSPS) is 7.83. The molecule has 0 atom stereocenters. The molecule has 0 bridgehead atoms. The molecule has 0 fully saturated rings. The maximum atomic E-state index is 11.9. The molecular formula is C9H9F2N. The second-order valence-electron chi connectivity index (χ2n) is 1.82. The number of hydrogen-bond acceptors (Lipinski definition) is 1. The highest BCUT2D eigenvalue weighted by Crippen LogP contribution is 2.01. The van der Waals surface area contributed by atoms with E-state index in [1.54, 1.807) is 0 Å². The van der Waals surface area contributed by atoms with Gasteiger partial charge in [-0.1, -0.05) is 18.1 Å². The van der Waals surface area contributed by atoms with E-state index in [-0.39, 0.29) is 0 Å². The van der Waals surface area contributed by atoms with Crippen LogP contribution in [0.1, 0.15) is 0 Å². The molecule has 0 unspecified atom stereocenters. The summed E-state index contributed by atoms with van der Waals surface area (Å²) in [5.41, 5.74) is 4.79. The van der Waals surface area contributed by atoms with Crippen LogP contribution < -0.4 is 5.73 Å². The first kappa shape index (κ1) is 10.6. The van der Waals surface area contributed by atoms with E-state index < -0.39 is 11.6 Å². The first-order chi connectivity index (χ1) is 5.72. The Labute approximate surface area is 70.2 Å². The Balaban J connectivity index is 0.000000261. The summed E-state index contributed by atoms with van der Waals surface area (Å²) in [6, 6.07) is 5.04. The minimum absolute atomic E-state index is 0.347. The molecule has 1 aromatic rings. The molecule has 0 aliphatic heterocycles. The fourth-order valence-electron chi connectivity index (χ4n) is 0.439. The zero-order valence-electron chi connectivity index (χ0n) is 6.43. The van der Waals surface area contributed by atoms with Gasteiger partial charge < -0.3 is 5.73 Å². The number of halogens is 2. The van der Waals surface area contributed by atoms with Crippen LogP contribution in [-0.2, 0) is 0 Å². The van der Waals surface area contributed by atoms with E-state index in [2.05, 4.69) is 12.3 Å². The monoisotopic (exact) mass is 169 g/mol. The van der Waals surface area contributed by atoms with Crippen LogP contribution >= 0.6 is 0 Å². The van der Waals surface area contributed by atoms with Gasteiger partial charge in [0.1, 0.15) is 0 Å². The van der Waals surface area contributed by atoms with Crippen molar-refractivity contribution in [1.82, 2.24) is 0 Å². The minimum Gasteiger partial charge on any atom is -0.320 e. The van der Waals surface area contributed by atoms with Crippen molar-refractivity contribution in [3.63, 3.8) is 0 Å². The molecule has 1 nitrogen and oxygen atoms in total. The van der Waals surface area contributed by atoms with Crippen LogP contribution in [0.4, 0.5) is 8.78 Å². The van der Waals surface area contributed by atoms with Gasteiger partial charge in [0.05, 0.1) is 6.54 Å². The fraction of sp³-hybridized carbons (Fsp3) is 0.111. The zero-order chi connectivity index (χ0) is 9.40. The molecule has 64 valence electrons. The Bertz CT molecular complexity index is 244. The van der Waals surface area contributed by atoms with Gasteiger partial charge in [-0.05, 0) is 12.1 Å². The van der Waals surface area contributed by atoms with Crippen LogP contribution in [0.3, 0.4) is 0 Å². The van der Waals surface area contributed by atoms with E-state index in [0.717, 1.165) is 12.1 Å². The topological polar surface area (TPSA) is 26.0 Å². The quantitative estimate of drug-likeness (QED) is 0.586. The third-order valence-corrected chi connectivity index (χ3v) is 0.942. The summed E-state index contributed by atoms with van der Waals surface area (Å²) in [5.74, 6) is 0.611. The van der Waals surface area contributed by atoms with E-state index in [1.165, 1.54) is 12.1 Å². The lowest BCUT2D eigenvalue weighted by atomic mass is 10.3. The summed E-state index contributed by atoms with van der Waals surface area (Å²) >= 11 is 0. The average molecular weight is 169 g/mol. The summed E-state index contributed by atoms with van der Waals surface area (Å²) in [6.45, 7) is 0.347.